The van der Waals surface area contributed by atoms with E-state index in [4.69, 9.17) is 28.4 Å². The summed E-state index contributed by atoms with van der Waals surface area (Å²) in [5, 5.41) is 6.28. The molecule has 0 saturated heterocycles. The first kappa shape index (κ1) is 38.1. The lowest BCUT2D eigenvalue weighted by molar-refractivity contribution is -0.154. The van der Waals surface area contributed by atoms with Gasteiger partial charge in [0.25, 0.3) is 0 Å². The summed E-state index contributed by atoms with van der Waals surface area (Å²) >= 11 is 0. The number of hydrogen-bond acceptors (Lipinski definition) is 11. The van der Waals surface area contributed by atoms with Gasteiger partial charge >= 0.3 is 11.9 Å². The van der Waals surface area contributed by atoms with Crippen LogP contribution < -0.4 is 19.5 Å². The van der Waals surface area contributed by atoms with Crippen LogP contribution in [0.4, 0.5) is 0 Å². The third-order valence-electron chi connectivity index (χ3n) is 7.96. The topological polar surface area (TPSA) is 180 Å². The number of ether oxygens (including phenoxy) is 6. The number of benzene rings is 3. The second-order valence-electron chi connectivity index (χ2n) is 12.8. The van der Waals surface area contributed by atoms with Crippen molar-refractivity contribution >= 4 is 23.7 Å². The van der Waals surface area contributed by atoms with Gasteiger partial charge in [-0.3, -0.25) is 9.59 Å². The van der Waals surface area contributed by atoms with Crippen LogP contribution in [0.3, 0.4) is 0 Å². The molecule has 1 aliphatic rings. The highest BCUT2D eigenvalue weighted by molar-refractivity contribution is 5.98. The largest absolute Gasteiger partial charge is 0.497 e. The van der Waals surface area contributed by atoms with Crippen LogP contribution in [-0.4, -0.2) is 67.8 Å². The van der Waals surface area contributed by atoms with Gasteiger partial charge in [0.1, 0.15) is 30.1 Å². The van der Waals surface area contributed by atoms with Gasteiger partial charge in [-0.1, -0.05) is 48.4 Å². The summed E-state index contributed by atoms with van der Waals surface area (Å²) in [6, 6.07) is 19.1. The summed E-state index contributed by atoms with van der Waals surface area (Å²) in [5.41, 5.74) is 9.27. The molecule has 4 atom stereocenters. The maximum atomic E-state index is 13.4. The van der Waals surface area contributed by atoms with E-state index in [-0.39, 0.29) is 24.7 Å². The minimum Gasteiger partial charge on any atom is -0.497 e. The van der Waals surface area contributed by atoms with Crippen LogP contribution in [0, 0.1) is 0 Å². The van der Waals surface area contributed by atoms with Crippen LogP contribution in [0.15, 0.2) is 82.9 Å². The van der Waals surface area contributed by atoms with E-state index in [0.29, 0.717) is 22.6 Å². The van der Waals surface area contributed by atoms with Gasteiger partial charge in [-0.05, 0) is 87.2 Å². The van der Waals surface area contributed by atoms with Crippen molar-refractivity contribution in [3.05, 3.63) is 99.9 Å². The Morgan fingerprint density at radius 2 is 1.71 bits per heavy atom. The second-order valence-corrected chi connectivity index (χ2v) is 12.8. The highest BCUT2D eigenvalue weighted by Gasteiger charge is 2.42. The molecule has 1 amide bonds. The van der Waals surface area contributed by atoms with Crippen molar-refractivity contribution in [2.45, 2.75) is 77.0 Å². The Morgan fingerprint density at radius 3 is 2.31 bits per heavy atom. The maximum Gasteiger partial charge on any atom is 0.335 e. The summed E-state index contributed by atoms with van der Waals surface area (Å²) in [5.74, 6) is -0.661. The van der Waals surface area contributed by atoms with Crippen LogP contribution in [0.5, 0.6) is 17.2 Å². The van der Waals surface area contributed by atoms with Gasteiger partial charge in [0, 0.05) is 10.5 Å². The summed E-state index contributed by atoms with van der Waals surface area (Å²) in [6.45, 7) is 8.24. The molecule has 0 bridgehead atoms. The van der Waals surface area contributed by atoms with Crippen LogP contribution in [0.2, 0.25) is 0 Å². The summed E-state index contributed by atoms with van der Waals surface area (Å²) < 4.78 is 34.7. The smallest absolute Gasteiger partial charge is 0.335 e. The minimum absolute atomic E-state index is 0.177. The van der Waals surface area contributed by atoms with E-state index in [9.17, 15) is 19.9 Å². The fourth-order valence-electron chi connectivity index (χ4n) is 5.18. The molecular formula is C37H43N5O9. The number of nitrogens with zero attached hydrogens (tertiary/aromatic N) is 4. The Morgan fingerprint density at radius 1 is 1.00 bits per heavy atom. The number of carbonyl (C=O) groups is 3. The van der Waals surface area contributed by atoms with Gasteiger partial charge in [-0.15, -0.1) is 0 Å². The molecule has 0 spiro atoms. The highest BCUT2D eigenvalue weighted by Crippen LogP contribution is 2.40. The predicted octanol–water partition coefficient (Wildman–Crippen LogP) is 6.02. The van der Waals surface area contributed by atoms with Crippen molar-refractivity contribution in [1.29, 1.82) is 0 Å². The summed E-state index contributed by atoms with van der Waals surface area (Å²) in [7, 11) is 2.83. The lowest BCUT2D eigenvalue weighted by Gasteiger charge is -2.35. The number of azide groups is 1. The zero-order chi connectivity index (χ0) is 37.2. The number of aliphatic imine (C=N–C) groups is 1. The first-order valence-corrected chi connectivity index (χ1v) is 16.3. The fraction of sp³-hybridized carbons (Fsp3) is 0.405. The molecule has 0 unspecified atom stereocenters. The summed E-state index contributed by atoms with van der Waals surface area (Å²) in [4.78, 5) is 46.2. The van der Waals surface area contributed by atoms with Crippen molar-refractivity contribution in [2.75, 3.05) is 20.8 Å². The highest BCUT2D eigenvalue weighted by atomic mass is 16.6. The molecule has 1 N–H and O–H groups in total. The molecule has 0 saturated carbocycles. The number of amides is 1. The van der Waals surface area contributed by atoms with Crippen molar-refractivity contribution in [2.24, 2.45) is 10.1 Å². The average molecular weight is 702 g/mol. The molecular weight excluding hydrogens is 658 g/mol. The monoisotopic (exact) mass is 701 g/mol. The molecule has 14 nitrogen and oxygen atoms in total. The van der Waals surface area contributed by atoms with Crippen molar-refractivity contribution in [3.63, 3.8) is 0 Å². The molecule has 0 radical (unpaired) electrons. The second kappa shape index (κ2) is 16.8. The maximum absolute atomic E-state index is 13.4. The van der Waals surface area contributed by atoms with Gasteiger partial charge < -0.3 is 33.7 Å². The number of hydrogen-bond donors (Lipinski definition) is 1. The third-order valence-corrected chi connectivity index (χ3v) is 7.96. The average Bonchev–Trinajstić information content (AvgIpc) is 3.57. The molecule has 0 fully saturated rings. The Hall–Kier alpha value is -5.75. The quantitative estimate of drug-likeness (QED) is 0.0858. The molecule has 1 heterocycles. The van der Waals surface area contributed by atoms with Crippen molar-refractivity contribution in [1.82, 2.24) is 5.32 Å². The van der Waals surface area contributed by atoms with E-state index >= 15 is 0 Å². The number of rotatable bonds is 15. The van der Waals surface area contributed by atoms with E-state index in [2.05, 4.69) is 20.3 Å². The Bertz CT molecular complexity index is 1770. The number of esters is 2. The zero-order valence-electron chi connectivity index (χ0n) is 29.7. The van der Waals surface area contributed by atoms with Gasteiger partial charge in [-0.2, -0.15) is 0 Å². The number of nitrogens with one attached hydrogen (secondary N) is 1. The standard InChI is InChI=1S/C37H43N5O9/c1-8-37(5,32(41-42-38)33(44)39-21-29(43)51-36(2,3)4)50-28-20-25(16-19-27(28)48-22-23-12-10-9-11-13-23)31-30(35(45)47-7)40-34(49-31)24-14-17-26(46-6)18-15-24/h9-20,30-32H,8,21-22H2,1-7H3,(H,39,44)/t30-,31+,32+,37-/m0/s1. The first-order valence-electron chi connectivity index (χ1n) is 16.3. The van der Waals surface area contributed by atoms with Gasteiger partial charge in [0.15, 0.2) is 29.7 Å². The van der Waals surface area contributed by atoms with E-state index in [1.54, 1.807) is 84.2 Å². The third kappa shape index (κ3) is 9.92. The Labute approximate surface area is 296 Å². The lowest BCUT2D eigenvalue weighted by Crippen LogP contribution is -2.52. The molecule has 51 heavy (non-hydrogen) atoms. The first-order chi connectivity index (χ1) is 24.3. The van der Waals surface area contributed by atoms with Crippen molar-refractivity contribution in [3.8, 4) is 17.2 Å². The predicted molar refractivity (Wildman–Crippen MR) is 187 cm³/mol. The van der Waals surface area contributed by atoms with Crippen LogP contribution in [-0.2, 0) is 35.2 Å². The van der Waals surface area contributed by atoms with Crippen molar-refractivity contribution < 1.29 is 42.8 Å². The molecule has 1 aliphatic heterocycles. The molecule has 270 valence electrons. The van der Waals surface area contributed by atoms with Gasteiger partial charge in [0.2, 0.25) is 11.8 Å². The van der Waals surface area contributed by atoms with Gasteiger partial charge in [-0.25, -0.2) is 9.79 Å². The Kier molecular flexibility index (Phi) is 12.5. The molecule has 0 aliphatic carbocycles. The van der Waals surface area contributed by atoms with Crippen LogP contribution in [0.25, 0.3) is 10.4 Å². The fourth-order valence-corrected chi connectivity index (χ4v) is 5.18. The van der Waals surface area contributed by atoms with E-state index in [1.165, 1.54) is 7.11 Å². The molecule has 0 aromatic heterocycles. The minimum atomic E-state index is -1.45. The van der Waals surface area contributed by atoms with E-state index in [0.717, 1.165) is 5.56 Å². The summed E-state index contributed by atoms with van der Waals surface area (Å²) in [6.07, 6.45) is -0.730. The Balaban J connectivity index is 1.70. The SMILES string of the molecule is CC[C@](C)(Oc1cc([C@H]2OC(c3ccc(OC)cc3)=N[C@@H]2C(=O)OC)ccc1OCc1ccccc1)[C@H](N=[N+]=[N-])C(=O)NCC(=O)OC(C)(C)C. The normalized spacial score (nSPS) is 17.0. The molecule has 4 rings (SSSR count). The van der Waals surface area contributed by atoms with E-state index < -0.39 is 53.8 Å². The molecule has 3 aromatic rings. The number of methoxy groups -OCH3 is 2. The van der Waals surface area contributed by atoms with Crippen LogP contribution in [0.1, 0.15) is 63.8 Å². The molecule has 3 aromatic carbocycles. The lowest BCUT2D eigenvalue weighted by atomic mass is 9.92. The van der Waals surface area contributed by atoms with E-state index in [1.807, 2.05) is 30.3 Å². The van der Waals surface area contributed by atoms with Crippen LogP contribution >= 0.6 is 0 Å². The number of carbonyl (C=O) groups excluding carboxylic acids is 3. The zero-order valence-corrected chi connectivity index (χ0v) is 29.7. The van der Waals surface area contributed by atoms with Gasteiger partial charge in [0.05, 0.1) is 14.2 Å². The molecule has 14 heteroatoms.